The number of fused-ring (bicyclic) bond motifs is 1. The van der Waals surface area contributed by atoms with E-state index in [2.05, 4.69) is 62.3 Å². The number of anilines is 1. The van der Waals surface area contributed by atoms with E-state index < -0.39 is 0 Å². The van der Waals surface area contributed by atoms with Crippen molar-refractivity contribution in [2.75, 3.05) is 11.9 Å². The Hall–Kier alpha value is -1.70. The van der Waals surface area contributed by atoms with Gasteiger partial charge in [0.05, 0.1) is 0 Å². The molecular formula is C19H28N2. The van der Waals surface area contributed by atoms with Gasteiger partial charge in [-0.25, -0.2) is 0 Å². The van der Waals surface area contributed by atoms with Gasteiger partial charge in [-0.2, -0.15) is 0 Å². The Kier molecular flexibility index (Phi) is 5.11. The number of benzene rings is 1. The van der Waals surface area contributed by atoms with Crippen LogP contribution >= 0.6 is 0 Å². The molecule has 1 atom stereocenters. The molecule has 0 saturated heterocycles. The molecule has 0 aliphatic carbocycles. The number of hydrogen-bond donors (Lipinski definition) is 1. The van der Waals surface area contributed by atoms with Crippen LogP contribution in [0.15, 0.2) is 37.4 Å². The van der Waals surface area contributed by atoms with Gasteiger partial charge in [0.2, 0.25) is 0 Å². The van der Waals surface area contributed by atoms with Crippen LogP contribution in [0.3, 0.4) is 0 Å². The van der Waals surface area contributed by atoms with Crippen LogP contribution in [0.5, 0.6) is 0 Å². The predicted octanol–water partition coefficient (Wildman–Crippen LogP) is 4.69. The summed E-state index contributed by atoms with van der Waals surface area (Å²) in [4.78, 5) is 2.45. The molecule has 0 fully saturated rings. The van der Waals surface area contributed by atoms with Gasteiger partial charge in [-0.3, -0.25) is 0 Å². The largest absolute Gasteiger partial charge is 0.383 e. The lowest BCUT2D eigenvalue weighted by atomic mass is 9.93. The molecule has 114 valence electrons. The second-order valence-corrected chi connectivity index (χ2v) is 6.24. The number of hydrogen-bond acceptors (Lipinski definition) is 2. The Balaban J connectivity index is 2.22. The van der Waals surface area contributed by atoms with E-state index in [0.29, 0.717) is 12.1 Å². The summed E-state index contributed by atoms with van der Waals surface area (Å²) in [5.74, 6) is 0. The van der Waals surface area contributed by atoms with E-state index in [1.54, 1.807) is 0 Å². The minimum Gasteiger partial charge on any atom is -0.383 e. The first kappa shape index (κ1) is 15.7. The Morgan fingerprint density at radius 2 is 2.10 bits per heavy atom. The topological polar surface area (TPSA) is 15.3 Å². The van der Waals surface area contributed by atoms with E-state index in [4.69, 9.17) is 0 Å². The molecule has 0 radical (unpaired) electrons. The van der Waals surface area contributed by atoms with Gasteiger partial charge in [0, 0.05) is 35.6 Å². The highest BCUT2D eigenvalue weighted by Gasteiger charge is 2.24. The van der Waals surface area contributed by atoms with E-state index in [1.165, 1.54) is 22.5 Å². The summed E-state index contributed by atoms with van der Waals surface area (Å²) in [6.07, 6.45) is 5.29. The quantitative estimate of drug-likeness (QED) is 0.762. The van der Waals surface area contributed by atoms with E-state index >= 15 is 0 Å². The SMILES string of the molecule is C=CCCC(C)N1CCc2c(NC(C)C)cccc2C1=C. The zero-order valence-corrected chi connectivity index (χ0v) is 13.7. The first-order valence-corrected chi connectivity index (χ1v) is 7.99. The third kappa shape index (κ3) is 3.49. The molecule has 1 N–H and O–H groups in total. The first-order chi connectivity index (χ1) is 10.0. The fourth-order valence-corrected chi connectivity index (χ4v) is 3.10. The number of nitrogens with zero attached hydrogens (tertiary/aromatic N) is 1. The van der Waals surface area contributed by atoms with Crippen molar-refractivity contribution in [1.82, 2.24) is 4.90 Å². The first-order valence-electron chi connectivity index (χ1n) is 7.99. The Labute approximate surface area is 129 Å². The monoisotopic (exact) mass is 284 g/mol. The molecule has 2 heteroatoms. The van der Waals surface area contributed by atoms with Crippen LogP contribution in [0.4, 0.5) is 5.69 Å². The summed E-state index contributed by atoms with van der Waals surface area (Å²) in [5.41, 5.74) is 5.16. The minimum absolute atomic E-state index is 0.453. The van der Waals surface area contributed by atoms with Crippen molar-refractivity contribution >= 4 is 11.4 Å². The molecule has 1 heterocycles. The van der Waals surface area contributed by atoms with Crippen LogP contribution in [-0.4, -0.2) is 23.5 Å². The van der Waals surface area contributed by atoms with Gasteiger partial charge in [-0.05, 0) is 51.7 Å². The van der Waals surface area contributed by atoms with Gasteiger partial charge < -0.3 is 10.2 Å². The molecule has 0 spiro atoms. The van der Waals surface area contributed by atoms with Crippen LogP contribution in [0, 0.1) is 0 Å². The van der Waals surface area contributed by atoms with Crippen molar-refractivity contribution in [2.45, 2.75) is 52.1 Å². The highest BCUT2D eigenvalue weighted by atomic mass is 15.2. The lowest BCUT2D eigenvalue weighted by Crippen LogP contribution is -2.36. The lowest BCUT2D eigenvalue weighted by Gasteiger charge is -2.38. The van der Waals surface area contributed by atoms with Gasteiger partial charge in [-0.1, -0.05) is 24.8 Å². The van der Waals surface area contributed by atoms with Gasteiger partial charge in [0.1, 0.15) is 0 Å². The number of nitrogens with one attached hydrogen (secondary N) is 1. The zero-order valence-electron chi connectivity index (χ0n) is 13.7. The van der Waals surface area contributed by atoms with Crippen molar-refractivity contribution in [3.8, 4) is 0 Å². The standard InChI is InChI=1S/C19H28N2/c1-6-7-9-15(4)21-13-12-18-17(16(21)5)10-8-11-19(18)20-14(2)3/h6,8,10-11,14-15,20H,1,5,7,9,12-13H2,2-4H3. The van der Waals surface area contributed by atoms with E-state index in [9.17, 15) is 0 Å². The van der Waals surface area contributed by atoms with Crippen LogP contribution in [0.25, 0.3) is 5.70 Å². The van der Waals surface area contributed by atoms with Crippen molar-refractivity contribution in [3.63, 3.8) is 0 Å². The van der Waals surface area contributed by atoms with Crippen molar-refractivity contribution in [2.24, 2.45) is 0 Å². The smallest absolute Gasteiger partial charge is 0.0382 e. The number of allylic oxidation sites excluding steroid dienone is 1. The normalized spacial score (nSPS) is 15.8. The van der Waals surface area contributed by atoms with Crippen LogP contribution in [0.2, 0.25) is 0 Å². The average molecular weight is 284 g/mol. The highest BCUT2D eigenvalue weighted by molar-refractivity contribution is 5.73. The fraction of sp³-hybridized carbons (Fsp3) is 0.474. The molecular weight excluding hydrogens is 256 g/mol. The molecule has 0 aromatic heterocycles. The van der Waals surface area contributed by atoms with Crippen LogP contribution < -0.4 is 5.32 Å². The maximum Gasteiger partial charge on any atom is 0.0382 e. The molecule has 0 bridgehead atoms. The molecule has 1 aliphatic rings. The van der Waals surface area contributed by atoms with E-state index in [1.807, 2.05) is 6.08 Å². The van der Waals surface area contributed by atoms with Gasteiger partial charge in [0.25, 0.3) is 0 Å². The van der Waals surface area contributed by atoms with Crippen LogP contribution in [0.1, 0.15) is 44.7 Å². The number of rotatable bonds is 6. The zero-order chi connectivity index (χ0) is 15.4. The summed E-state index contributed by atoms with van der Waals surface area (Å²) in [7, 11) is 0. The average Bonchev–Trinajstić information content (AvgIpc) is 2.45. The van der Waals surface area contributed by atoms with Gasteiger partial charge in [0.15, 0.2) is 0 Å². The minimum atomic E-state index is 0.453. The lowest BCUT2D eigenvalue weighted by molar-refractivity contribution is 0.295. The molecule has 1 aromatic rings. The molecule has 1 aliphatic heterocycles. The molecule has 2 nitrogen and oxygen atoms in total. The molecule has 21 heavy (non-hydrogen) atoms. The summed E-state index contributed by atoms with van der Waals surface area (Å²) < 4.78 is 0. The summed E-state index contributed by atoms with van der Waals surface area (Å²) in [6, 6.07) is 7.49. The summed E-state index contributed by atoms with van der Waals surface area (Å²) >= 11 is 0. The van der Waals surface area contributed by atoms with E-state index in [0.717, 1.165) is 25.8 Å². The second kappa shape index (κ2) is 6.84. The summed E-state index contributed by atoms with van der Waals surface area (Å²) in [5, 5.41) is 3.56. The molecule has 2 rings (SSSR count). The second-order valence-electron chi connectivity index (χ2n) is 6.24. The van der Waals surface area contributed by atoms with E-state index in [-0.39, 0.29) is 0 Å². The van der Waals surface area contributed by atoms with Crippen LogP contribution in [-0.2, 0) is 6.42 Å². The molecule has 0 amide bonds. The Bertz CT molecular complexity index is 516. The fourth-order valence-electron chi connectivity index (χ4n) is 3.10. The molecule has 1 unspecified atom stereocenters. The van der Waals surface area contributed by atoms with Crippen molar-refractivity contribution in [3.05, 3.63) is 48.6 Å². The summed E-state index contributed by atoms with van der Waals surface area (Å²) in [6.45, 7) is 15.9. The third-order valence-corrected chi connectivity index (χ3v) is 4.20. The molecule has 1 aromatic carbocycles. The third-order valence-electron chi connectivity index (χ3n) is 4.20. The van der Waals surface area contributed by atoms with Gasteiger partial charge in [-0.15, -0.1) is 6.58 Å². The Morgan fingerprint density at radius 1 is 1.33 bits per heavy atom. The molecule has 0 saturated carbocycles. The maximum atomic E-state index is 4.36. The van der Waals surface area contributed by atoms with Crippen molar-refractivity contribution in [1.29, 1.82) is 0 Å². The highest BCUT2D eigenvalue weighted by Crippen LogP contribution is 2.34. The Morgan fingerprint density at radius 3 is 2.76 bits per heavy atom. The van der Waals surface area contributed by atoms with Crippen molar-refractivity contribution < 1.29 is 0 Å². The maximum absolute atomic E-state index is 4.36. The van der Waals surface area contributed by atoms with Gasteiger partial charge >= 0.3 is 0 Å². The predicted molar refractivity (Wildman–Crippen MR) is 93.5 cm³/mol.